The molecule has 1 aromatic heterocycles. The number of morpholine rings is 1. The Balaban J connectivity index is 1.48. The Morgan fingerprint density at radius 1 is 1.12 bits per heavy atom. The molecular formula is C24H27N3O6S. The van der Waals surface area contributed by atoms with Crippen LogP contribution in [-0.4, -0.2) is 62.0 Å². The molecule has 3 aromatic rings. The van der Waals surface area contributed by atoms with Crippen LogP contribution in [0.4, 0.5) is 5.69 Å². The quantitative estimate of drug-likeness (QED) is 0.519. The normalized spacial score (nSPS) is 15.7. The third-order valence-corrected chi connectivity index (χ3v) is 7.83. The van der Waals surface area contributed by atoms with Crippen LogP contribution in [-0.2, 0) is 24.3 Å². The first-order chi connectivity index (χ1) is 16.2. The summed E-state index contributed by atoms with van der Waals surface area (Å²) in [5.41, 5.74) is 2.70. The molecule has 1 fully saturated rings. The minimum Gasteiger partial charge on any atom is -0.449 e. The average molecular weight is 486 g/mol. The van der Waals surface area contributed by atoms with E-state index in [1.165, 1.54) is 17.3 Å². The zero-order valence-electron chi connectivity index (χ0n) is 19.3. The van der Waals surface area contributed by atoms with E-state index in [-0.39, 0.29) is 18.0 Å². The molecular weight excluding hydrogens is 458 g/mol. The molecule has 0 spiro atoms. The average Bonchev–Trinajstić information content (AvgIpc) is 3.16. The highest BCUT2D eigenvalue weighted by molar-refractivity contribution is 7.89. The summed E-state index contributed by atoms with van der Waals surface area (Å²) in [4.78, 5) is 28.8. The number of nitrogens with one attached hydrogen (secondary N) is 2. The Labute approximate surface area is 198 Å². The Morgan fingerprint density at radius 2 is 1.82 bits per heavy atom. The van der Waals surface area contributed by atoms with Crippen molar-refractivity contribution in [2.45, 2.75) is 31.8 Å². The topological polar surface area (TPSA) is 118 Å². The van der Waals surface area contributed by atoms with Crippen molar-refractivity contribution < 1.29 is 27.5 Å². The summed E-state index contributed by atoms with van der Waals surface area (Å²) in [6.45, 7) is 6.17. The second kappa shape index (κ2) is 9.57. The molecule has 1 saturated heterocycles. The van der Waals surface area contributed by atoms with E-state index in [2.05, 4.69) is 10.3 Å². The van der Waals surface area contributed by atoms with Crippen molar-refractivity contribution in [3.05, 3.63) is 59.3 Å². The first-order valence-electron chi connectivity index (χ1n) is 11.0. The Bertz CT molecular complexity index is 1340. The number of para-hydroxylation sites is 1. The third kappa shape index (κ3) is 4.70. The van der Waals surface area contributed by atoms with Gasteiger partial charge in [-0.3, -0.25) is 4.79 Å². The van der Waals surface area contributed by atoms with Gasteiger partial charge in [0.05, 0.1) is 23.7 Å². The summed E-state index contributed by atoms with van der Waals surface area (Å²) in [5, 5.41) is 3.37. The van der Waals surface area contributed by atoms with Crippen molar-refractivity contribution in [1.82, 2.24) is 9.29 Å². The minimum absolute atomic E-state index is 0.117. The van der Waals surface area contributed by atoms with Gasteiger partial charge in [0.1, 0.15) is 0 Å². The summed E-state index contributed by atoms with van der Waals surface area (Å²) < 4.78 is 38.2. The minimum atomic E-state index is -3.73. The van der Waals surface area contributed by atoms with Crippen molar-refractivity contribution in [2.24, 2.45) is 0 Å². The third-order valence-electron chi connectivity index (χ3n) is 5.79. The number of fused-ring (bicyclic) bond motifs is 1. The maximum absolute atomic E-state index is 13.1. The summed E-state index contributed by atoms with van der Waals surface area (Å²) in [5.74, 6) is -1.18. The standard InChI is InChI=1S/C24H27N3O6S/c1-15-8-9-18(14-21(15)34(30,31)27-10-12-32-13-11-27)26-23(28)17(3)33-24(29)22-16(2)25-20-7-5-4-6-19(20)22/h4-9,14,17,25H,10-13H2,1-3H3,(H,26,28)/t17-/m0/s1. The summed E-state index contributed by atoms with van der Waals surface area (Å²) in [7, 11) is -3.73. The molecule has 34 heavy (non-hydrogen) atoms. The number of hydrogen-bond acceptors (Lipinski definition) is 6. The van der Waals surface area contributed by atoms with Crippen molar-refractivity contribution in [2.75, 3.05) is 31.6 Å². The van der Waals surface area contributed by atoms with E-state index >= 15 is 0 Å². The number of aromatic nitrogens is 1. The maximum atomic E-state index is 13.1. The fraction of sp³-hybridized carbons (Fsp3) is 0.333. The number of carbonyl (C=O) groups is 2. The van der Waals surface area contributed by atoms with Gasteiger partial charge in [-0.1, -0.05) is 24.3 Å². The number of H-pyrrole nitrogens is 1. The number of aryl methyl sites for hydroxylation is 2. The lowest BCUT2D eigenvalue weighted by Gasteiger charge is -2.27. The molecule has 1 aliphatic heterocycles. The Hall–Kier alpha value is -3.21. The van der Waals surface area contributed by atoms with E-state index in [4.69, 9.17) is 9.47 Å². The molecule has 0 bridgehead atoms. The van der Waals surface area contributed by atoms with Gasteiger partial charge in [0, 0.05) is 35.4 Å². The van der Waals surface area contributed by atoms with Gasteiger partial charge >= 0.3 is 5.97 Å². The van der Waals surface area contributed by atoms with E-state index in [9.17, 15) is 18.0 Å². The van der Waals surface area contributed by atoms with Crippen LogP contribution in [0.15, 0.2) is 47.4 Å². The molecule has 2 heterocycles. The van der Waals surface area contributed by atoms with Crippen molar-refractivity contribution in [3.63, 3.8) is 0 Å². The predicted molar refractivity (Wildman–Crippen MR) is 127 cm³/mol. The van der Waals surface area contributed by atoms with Gasteiger partial charge in [0.15, 0.2) is 6.10 Å². The lowest BCUT2D eigenvalue weighted by atomic mass is 10.1. The molecule has 0 radical (unpaired) electrons. The molecule has 2 N–H and O–H groups in total. The van der Waals surface area contributed by atoms with Gasteiger partial charge in [-0.05, 0) is 44.5 Å². The van der Waals surface area contributed by atoms with Gasteiger partial charge in [-0.25, -0.2) is 13.2 Å². The summed E-state index contributed by atoms with van der Waals surface area (Å²) in [6.07, 6.45) is -1.10. The van der Waals surface area contributed by atoms with Crippen LogP contribution >= 0.6 is 0 Å². The molecule has 4 rings (SSSR count). The number of sulfonamides is 1. The highest BCUT2D eigenvalue weighted by atomic mass is 32.2. The van der Waals surface area contributed by atoms with Crippen LogP contribution in [0.1, 0.15) is 28.5 Å². The fourth-order valence-corrected chi connectivity index (χ4v) is 5.60. The lowest BCUT2D eigenvalue weighted by Crippen LogP contribution is -2.40. The number of aromatic amines is 1. The van der Waals surface area contributed by atoms with Crippen molar-refractivity contribution >= 4 is 38.5 Å². The van der Waals surface area contributed by atoms with Crippen LogP contribution < -0.4 is 5.32 Å². The van der Waals surface area contributed by atoms with E-state index in [0.717, 1.165) is 5.52 Å². The second-order valence-electron chi connectivity index (χ2n) is 8.20. The molecule has 180 valence electrons. The van der Waals surface area contributed by atoms with Crippen LogP contribution in [0.3, 0.4) is 0 Å². The molecule has 1 amide bonds. The summed E-state index contributed by atoms with van der Waals surface area (Å²) in [6, 6.07) is 12.0. The molecule has 2 aromatic carbocycles. The Kier molecular flexibility index (Phi) is 6.74. The number of ether oxygens (including phenoxy) is 2. The molecule has 1 atom stereocenters. The highest BCUT2D eigenvalue weighted by Gasteiger charge is 2.29. The number of anilines is 1. The van der Waals surface area contributed by atoms with E-state index in [1.54, 1.807) is 26.0 Å². The number of benzene rings is 2. The highest BCUT2D eigenvalue weighted by Crippen LogP contribution is 2.25. The molecule has 0 saturated carbocycles. The molecule has 9 nitrogen and oxygen atoms in total. The van der Waals surface area contributed by atoms with Gasteiger partial charge in [-0.2, -0.15) is 4.31 Å². The summed E-state index contributed by atoms with van der Waals surface area (Å²) >= 11 is 0. The largest absolute Gasteiger partial charge is 0.449 e. The number of amides is 1. The zero-order valence-corrected chi connectivity index (χ0v) is 20.1. The van der Waals surface area contributed by atoms with Crippen LogP contribution in [0.2, 0.25) is 0 Å². The number of rotatable bonds is 6. The zero-order chi connectivity index (χ0) is 24.5. The molecule has 1 aliphatic rings. The molecule has 0 aliphatic carbocycles. The monoisotopic (exact) mass is 485 g/mol. The van der Waals surface area contributed by atoms with Crippen molar-refractivity contribution in [3.8, 4) is 0 Å². The van der Waals surface area contributed by atoms with E-state index in [0.29, 0.717) is 41.1 Å². The second-order valence-corrected chi connectivity index (χ2v) is 10.1. The molecule has 0 unspecified atom stereocenters. The van der Waals surface area contributed by atoms with Gasteiger partial charge < -0.3 is 19.8 Å². The van der Waals surface area contributed by atoms with Gasteiger partial charge in [0.2, 0.25) is 10.0 Å². The van der Waals surface area contributed by atoms with Crippen LogP contribution in [0.5, 0.6) is 0 Å². The first-order valence-corrected chi connectivity index (χ1v) is 12.4. The Morgan fingerprint density at radius 3 is 2.56 bits per heavy atom. The van der Waals surface area contributed by atoms with Crippen molar-refractivity contribution in [1.29, 1.82) is 0 Å². The predicted octanol–water partition coefficient (Wildman–Crippen LogP) is 2.99. The maximum Gasteiger partial charge on any atom is 0.341 e. The fourth-order valence-electron chi connectivity index (χ4n) is 3.94. The van der Waals surface area contributed by atoms with E-state index < -0.39 is 28.0 Å². The van der Waals surface area contributed by atoms with Crippen LogP contribution in [0.25, 0.3) is 10.9 Å². The van der Waals surface area contributed by atoms with E-state index in [1.807, 2.05) is 24.3 Å². The number of carbonyl (C=O) groups excluding carboxylic acids is 2. The number of hydrogen-bond donors (Lipinski definition) is 2. The lowest BCUT2D eigenvalue weighted by molar-refractivity contribution is -0.123. The number of esters is 1. The van der Waals surface area contributed by atoms with Gasteiger partial charge in [-0.15, -0.1) is 0 Å². The smallest absolute Gasteiger partial charge is 0.341 e. The van der Waals surface area contributed by atoms with Crippen LogP contribution in [0, 0.1) is 13.8 Å². The SMILES string of the molecule is Cc1ccc(NC(=O)[C@H](C)OC(=O)c2c(C)[nH]c3ccccc23)cc1S(=O)(=O)N1CCOCC1. The molecule has 10 heteroatoms. The number of nitrogens with zero attached hydrogens (tertiary/aromatic N) is 1. The van der Waals surface area contributed by atoms with Gasteiger partial charge in [0.25, 0.3) is 5.91 Å². The first kappa shape index (κ1) is 23.9.